The van der Waals surface area contributed by atoms with E-state index in [1.165, 1.54) is 4.88 Å². The number of thiazole rings is 1. The van der Waals surface area contributed by atoms with Gasteiger partial charge in [-0.2, -0.15) is 0 Å². The van der Waals surface area contributed by atoms with Gasteiger partial charge in [-0.05, 0) is 42.5 Å². The van der Waals surface area contributed by atoms with Gasteiger partial charge in [0.15, 0.2) is 0 Å². The highest BCUT2D eigenvalue weighted by Crippen LogP contribution is 2.26. The van der Waals surface area contributed by atoms with Gasteiger partial charge in [0.05, 0.1) is 18.3 Å². The lowest BCUT2D eigenvalue weighted by Gasteiger charge is -2.16. The Morgan fingerprint density at radius 1 is 1.38 bits per heavy atom. The maximum Gasteiger partial charge on any atom is 0.407 e. The maximum atomic E-state index is 11.8. The molecule has 1 aliphatic carbocycles. The summed E-state index contributed by atoms with van der Waals surface area (Å²) in [4.78, 5) is 17.4. The number of amides is 1. The first kappa shape index (κ1) is 16.5. The van der Waals surface area contributed by atoms with Gasteiger partial charge in [0.2, 0.25) is 0 Å². The highest BCUT2D eigenvalue weighted by Gasteiger charge is 2.16. The monoisotopic (exact) mass is 344 g/mol. The number of methoxy groups -OCH3 is 1. The zero-order valence-corrected chi connectivity index (χ0v) is 14.3. The van der Waals surface area contributed by atoms with Crippen LogP contribution in [0.4, 0.5) is 4.79 Å². The molecule has 0 fully saturated rings. The number of aromatic nitrogens is 1. The quantitative estimate of drug-likeness (QED) is 0.869. The van der Waals surface area contributed by atoms with Crippen molar-refractivity contribution in [3.8, 4) is 5.75 Å². The second kappa shape index (κ2) is 7.97. The van der Waals surface area contributed by atoms with Crippen LogP contribution in [0.2, 0.25) is 0 Å². The lowest BCUT2D eigenvalue weighted by Crippen LogP contribution is -2.27. The topological polar surface area (TPSA) is 60.5 Å². The van der Waals surface area contributed by atoms with Crippen LogP contribution in [0.25, 0.3) is 6.08 Å². The highest BCUT2D eigenvalue weighted by molar-refractivity contribution is 7.10. The van der Waals surface area contributed by atoms with Gasteiger partial charge < -0.3 is 14.8 Å². The number of allylic oxidation sites excluding steroid dienone is 1. The van der Waals surface area contributed by atoms with Crippen LogP contribution in [0.3, 0.4) is 0 Å². The fourth-order valence-electron chi connectivity index (χ4n) is 2.59. The molecule has 1 heterocycles. The third-order valence-corrected chi connectivity index (χ3v) is 4.80. The Kier molecular flexibility index (Phi) is 5.48. The summed E-state index contributed by atoms with van der Waals surface area (Å²) >= 11 is 1.67. The van der Waals surface area contributed by atoms with Crippen molar-refractivity contribution in [3.63, 3.8) is 0 Å². The fraction of sp³-hybridized carbons (Fsp3) is 0.333. The third kappa shape index (κ3) is 4.35. The molecule has 5 nitrogen and oxygen atoms in total. The summed E-state index contributed by atoms with van der Waals surface area (Å²) in [5.74, 6) is 1.20. The number of hydrogen-bond donors (Lipinski definition) is 1. The Morgan fingerprint density at radius 2 is 2.21 bits per heavy atom. The summed E-state index contributed by atoms with van der Waals surface area (Å²) in [6.45, 7) is 0.845. The van der Waals surface area contributed by atoms with E-state index in [2.05, 4.69) is 22.5 Å². The predicted molar refractivity (Wildman–Crippen MR) is 94.1 cm³/mol. The van der Waals surface area contributed by atoms with Crippen molar-refractivity contribution < 1.29 is 14.3 Å². The molecule has 6 heteroatoms. The minimum absolute atomic E-state index is 0.251. The number of benzene rings is 1. The molecule has 0 bridgehead atoms. The Hall–Kier alpha value is -2.34. The molecule has 1 aromatic heterocycles. The molecule has 1 amide bonds. The zero-order chi connectivity index (χ0) is 16.8. The summed E-state index contributed by atoms with van der Waals surface area (Å²) in [5.41, 5.74) is 3.97. The average molecular weight is 344 g/mol. The van der Waals surface area contributed by atoms with Crippen LogP contribution >= 0.6 is 11.3 Å². The smallest absolute Gasteiger partial charge is 0.407 e. The van der Waals surface area contributed by atoms with Crippen LogP contribution < -0.4 is 10.1 Å². The van der Waals surface area contributed by atoms with Crippen LogP contribution in [0.5, 0.6) is 5.75 Å². The average Bonchev–Trinajstić information content (AvgIpc) is 3.08. The molecule has 24 heavy (non-hydrogen) atoms. The van der Waals surface area contributed by atoms with Crippen LogP contribution in [-0.4, -0.2) is 24.7 Å². The van der Waals surface area contributed by atoms with Crippen molar-refractivity contribution in [2.24, 2.45) is 5.92 Å². The summed E-state index contributed by atoms with van der Waals surface area (Å²) < 4.78 is 10.3. The molecule has 3 rings (SSSR count). The van der Waals surface area contributed by atoms with Gasteiger partial charge in [0.25, 0.3) is 0 Å². The van der Waals surface area contributed by atoms with Crippen molar-refractivity contribution in [2.45, 2.75) is 19.4 Å². The first-order valence-electron chi connectivity index (χ1n) is 7.88. The van der Waals surface area contributed by atoms with Crippen molar-refractivity contribution >= 4 is 23.5 Å². The van der Waals surface area contributed by atoms with Crippen LogP contribution in [-0.2, 0) is 17.8 Å². The Labute approximate surface area is 145 Å². The standard InChI is InChI=1S/C18H20N2O3S/c1-22-15-5-2-14(3-6-15)11-23-18(21)19-9-8-13-4-7-17-16(10-13)20-12-24-17/h2-7,12-13H,8-11H2,1H3,(H,19,21). The van der Waals surface area contributed by atoms with Crippen LogP contribution in [0.1, 0.15) is 22.6 Å². The van der Waals surface area contributed by atoms with E-state index < -0.39 is 0 Å². The van der Waals surface area contributed by atoms with E-state index in [4.69, 9.17) is 9.47 Å². The normalized spacial score (nSPS) is 15.6. The van der Waals surface area contributed by atoms with Gasteiger partial charge in [-0.15, -0.1) is 11.3 Å². The van der Waals surface area contributed by atoms with Crippen molar-refractivity contribution in [1.82, 2.24) is 10.3 Å². The van der Waals surface area contributed by atoms with Crippen molar-refractivity contribution in [2.75, 3.05) is 13.7 Å². The van der Waals surface area contributed by atoms with Crippen LogP contribution in [0, 0.1) is 5.92 Å². The highest BCUT2D eigenvalue weighted by atomic mass is 32.1. The van der Waals surface area contributed by atoms with E-state index in [-0.39, 0.29) is 12.7 Å². The lowest BCUT2D eigenvalue weighted by atomic mass is 9.94. The van der Waals surface area contributed by atoms with Crippen molar-refractivity contribution in [3.05, 3.63) is 52.0 Å². The molecule has 1 aliphatic rings. The largest absolute Gasteiger partial charge is 0.497 e. The van der Waals surface area contributed by atoms with E-state index in [1.807, 2.05) is 29.8 Å². The number of alkyl carbamates (subject to hydrolysis) is 1. The van der Waals surface area contributed by atoms with Crippen molar-refractivity contribution in [1.29, 1.82) is 0 Å². The summed E-state index contributed by atoms with van der Waals surface area (Å²) in [7, 11) is 1.62. The molecule has 1 unspecified atom stereocenters. The number of rotatable bonds is 6. The van der Waals surface area contributed by atoms with Gasteiger partial charge >= 0.3 is 6.09 Å². The SMILES string of the molecule is COc1ccc(COC(=O)NCCC2C=Cc3scnc3C2)cc1. The minimum atomic E-state index is -0.389. The lowest BCUT2D eigenvalue weighted by molar-refractivity contribution is 0.139. The molecule has 1 aromatic carbocycles. The van der Waals surface area contributed by atoms with E-state index in [0.717, 1.165) is 29.8 Å². The predicted octanol–water partition coefficient (Wildman–Crippen LogP) is 3.65. The summed E-state index contributed by atoms with van der Waals surface area (Å²) in [6.07, 6.45) is 5.76. The second-order valence-electron chi connectivity index (χ2n) is 5.63. The molecule has 126 valence electrons. The Balaban J connectivity index is 1.35. The first-order valence-corrected chi connectivity index (χ1v) is 8.76. The Morgan fingerprint density at radius 3 is 3.00 bits per heavy atom. The van der Waals surface area contributed by atoms with E-state index in [0.29, 0.717) is 12.5 Å². The van der Waals surface area contributed by atoms with E-state index >= 15 is 0 Å². The summed E-state index contributed by atoms with van der Waals surface area (Å²) in [6, 6.07) is 7.45. The third-order valence-electron chi connectivity index (χ3n) is 3.96. The molecular weight excluding hydrogens is 324 g/mol. The summed E-state index contributed by atoms with van der Waals surface area (Å²) in [5, 5.41) is 2.80. The fourth-order valence-corrected chi connectivity index (χ4v) is 3.31. The number of hydrogen-bond acceptors (Lipinski definition) is 5. The number of fused-ring (bicyclic) bond motifs is 1. The zero-order valence-electron chi connectivity index (χ0n) is 13.5. The molecule has 1 N–H and O–H groups in total. The number of ether oxygens (including phenoxy) is 2. The maximum absolute atomic E-state index is 11.8. The van der Waals surface area contributed by atoms with Gasteiger partial charge in [-0.3, -0.25) is 0 Å². The molecular formula is C18H20N2O3S. The number of nitrogens with one attached hydrogen (secondary N) is 1. The molecule has 0 radical (unpaired) electrons. The first-order chi connectivity index (χ1) is 11.7. The minimum Gasteiger partial charge on any atom is -0.497 e. The van der Waals surface area contributed by atoms with Gasteiger partial charge in [0.1, 0.15) is 12.4 Å². The Bertz CT molecular complexity index is 709. The molecule has 1 atom stereocenters. The second-order valence-corrected chi connectivity index (χ2v) is 6.51. The molecule has 0 spiro atoms. The van der Waals surface area contributed by atoms with E-state index in [9.17, 15) is 4.79 Å². The number of nitrogens with zero attached hydrogens (tertiary/aromatic N) is 1. The number of carbonyl (C=O) groups is 1. The molecule has 2 aromatic rings. The van der Waals surface area contributed by atoms with Gasteiger partial charge in [-0.1, -0.05) is 18.2 Å². The van der Waals surface area contributed by atoms with E-state index in [1.54, 1.807) is 18.4 Å². The molecule has 0 saturated heterocycles. The van der Waals surface area contributed by atoms with Gasteiger partial charge in [-0.25, -0.2) is 9.78 Å². The molecule has 0 saturated carbocycles. The number of carbonyl (C=O) groups excluding carboxylic acids is 1. The molecule has 0 aliphatic heterocycles. The van der Waals surface area contributed by atoms with Gasteiger partial charge in [0, 0.05) is 11.4 Å². The van der Waals surface area contributed by atoms with Crippen LogP contribution in [0.15, 0.2) is 35.9 Å².